The van der Waals surface area contributed by atoms with Crippen LogP contribution in [0.2, 0.25) is 0 Å². The molecule has 0 fully saturated rings. The predicted molar refractivity (Wildman–Crippen MR) is 52.5 cm³/mol. The molecular formula is C10H17NO. The number of rotatable bonds is 1. The number of aryl methyl sites for hydroxylation is 2. The van der Waals surface area contributed by atoms with Crippen molar-refractivity contribution < 1.29 is 0 Å². The first-order chi connectivity index (χ1) is 5.74. The Labute approximate surface area is 73.6 Å². The second-order valence-electron chi connectivity index (χ2n) is 2.36. The van der Waals surface area contributed by atoms with Crippen LogP contribution in [-0.2, 0) is 6.42 Å². The molecule has 0 aliphatic heterocycles. The van der Waals surface area contributed by atoms with Crippen molar-refractivity contribution in [1.29, 1.82) is 0 Å². The van der Waals surface area contributed by atoms with Gasteiger partial charge >= 0.3 is 0 Å². The summed E-state index contributed by atoms with van der Waals surface area (Å²) in [5.41, 5.74) is 1.91. The molecule has 2 nitrogen and oxygen atoms in total. The fourth-order valence-electron chi connectivity index (χ4n) is 0.879. The maximum atomic E-state index is 11.1. The van der Waals surface area contributed by atoms with E-state index in [2.05, 4.69) is 4.98 Å². The highest BCUT2D eigenvalue weighted by molar-refractivity contribution is 5.13. The standard InChI is InChI=1S/C8H11NO.C2H6/c1-3-7-5-9-6(2)4-8(7)10;1-2/h4-5H,3H2,1-2H3,(H,9,10);1-2H3. The second kappa shape index (κ2) is 5.58. The van der Waals surface area contributed by atoms with Gasteiger partial charge in [0.1, 0.15) is 0 Å². The van der Waals surface area contributed by atoms with Crippen LogP contribution in [0.5, 0.6) is 0 Å². The number of aromatic nitrogens is 1. The van der Waals surface area contributed by atoms with Gasteiger partial charge in [-0.05, 0) is 13.3 Å². The van der Waals surface area contributed by atoms with E-state index < -0.39 is 0 Å². The number of pyridine rings is 1. The van der Waals surface area contributed by atoms with Crippen LogP contribution in [0.4, 0.5) is 0 Å². The summed E-state index contributed by atoms with van der Waals surface area (Å²) in [6.07, 6.45) is 2.58. The van der Waals surface area contributed by atoms with Crippen molar-refractivity contribution in [3.05, 3.63) is 33.7 Å². The van der Waals surface area contributed by atoms with E-state index in [1.165, 1.54) is 0 Å². The van der Waals surface area contributed by atoms with Crippen molar-refractivity contribution in [2.75, 3.05) is 0 Å². The molecule has 0 saturated heterocycles. The van der Waals surface area contributed by atoms with Crippen LogP contribution in [0.15, 0.2) is 17.1 Å². The number of nitrogens with one attached hydrogen (secondary N) is 1. The SMILES string of the molecule is CC.CCc1c[nH]c(C)cc1=O. The van der Waals surface area contributed by atoms with E-state index in [9.17, 15) is 4.79 Å². The van der Waals surface area contributed by atoms with Crippen LogP contribution in [-0.4, -0.2) is 4.98 Å². The second-order valence-corrected chi connectivity index (χ2v) is 2.36. The number of H-pyrrole nitrogens is 1. The molecular weight excluding hydrogens is 150 g/mol. The minimum Gasteiger partial charge on any atom is -0.365 e. The fourth-order valence-corrected chi connectivity index (χ4v) is 0.879. The van der Waals surface area contributed by atoms with Crippen molar-refractivity contribution in [2.45, 2.75) is 34.1 Å². The Morgan fingerprint density at radius 2 is 2.00 bits per heavy atom. The lowest BCUT2D eigenvalue weighted by Crippen LogP contribution is -2.07. The molecule has 1 aromatic heterocycles. The van der Waals surface area contributed by atoms with Gasteiger partial charge in [-0.3, -0.25) is 4.79 Å². The lowest BCUT2D eigenvalue weighted by Gasteiger charge is -1.94. The van der Waals surface area contributed by atoms with Crippen LogP contribution in [0.1, 0.15) is 32.0 Å². The summed E-state index contributed by atoms with van der Waals surface area (Å²) in [4.78, 5) is 14.0. The van der Waals surface area contributed by atoms with E-state index >= 15 is 0 Å². The van der Waals surface area contributed by atoms with Crippen molar-refractivity contribution in [2.24, 2.45) is 0 Å². The van der Waals surface area contributed by atoms with Crippen LogP contribution in [0, 0.1) is 6.92 Å². The molecule has 0 aromatic carbocycles. The van der Waals surface area contributed by atoms with Crippen molar-refractivity contribution in [3.8, 4) is 0 Å². The Morgan fingerprint density at radius 1 is 1.42 bits per heavy atom. The lowest BCUT2D eigenvalue weighted by atomic mass is 10.2. The van der Waals surface area contributed by atoms with Crippen molar-refractivity contribution >= 4 is 0 Å². The fraction of sp³-hybridized carbons (Fsp3) is 0.500. The molecule has 0 radical (unpaired) electrons. The molecule has 0 aliphatic carbocycles. The molecule has 1 N–H and O–H groups in total. The van der Waals surface area contributed by atoms with E-state index in [4.69, 9.17) is 0 Å². The molecule has 2 heteroatoms. The zero-order valence-corrected chi connectivity index (χ0v) is 8.27. The summed E-state index contributed by atoms with van der Waals surface area (Å²) in [6, 6.07) is 1.62. The highest BCUT2D eigenvalue weighted by Crippen LogP contribution is 1.91. The van der Waals surface area contributed by atoms with Crippen molar-refractivity contribution in [3.63, 3.8) is 0 Å². The molecule has 0 aliphatic rings. The highest BCUT2D eigenvalue weighted by atomic mass is 16.1. The summed E-state index contributed by atoms with van der Waals surface area (Å²) in [5, 5.41) is 0. The first-order valence-electron chi connectivity index (χ1n) is 4.42. The third-order valence-electron chi connectivity index (χ3n) is 1.52. The molecule has 0 spiro atoms. The van der Waals surface area contributed by atoms with Gasteiger partial charge in [-0.25, -0.2) is 0 Å². The van der Waals surface area contributed by atoms with Gasteiger partial charge in [0.05, 0.1) is 0 Å². The third kappa shape index (κ3) is 2.91. The molecule has 0 unspecified atom stereocenters. The van der Waals surface area contributed by atoms with Crippen LogP contribution in [0.3, 0.4) is 0 Å². The van der Waals surface area contributed by atoms with Crippen molar-refractivity contribution in [1.82, 2.24) is 4.98 Å². The van der Waals surface area contributed by atoms with Gasteiger partial charge in [-0.15, -0.1) is 0 Å². The van der Waals surface area contributed by atoms with Gasteiger partial charge in [0, 0.05) is 23.5 Å². The molecule has 12 heavy (non-hydrogen) atoms. The summed E-state index contributed by atoms with van der Waals surface area (Å²) in [6.45, 7) is 7.85. The van der Waals surface area contributed by atoms with Crippen LogP contribution < -0.4 is 5.43 Å². The average molecular weight is 167 g/mol. The highest BCUT2D eigenvalue weighted by Gasteiger charge is 1.93. The van der Waals surface area contributed by atoms with Crippen LogP contribution in [0.25, 0.3) is 0 Å². The van der Waals surface area contributed by atoms with Gasteiger partial charge in [-0.1, -0.05) is 20.8 Å². The Morgan fingerprint density at radius 3 is 2.42 bits per heavy atom. The topological polar surface area (TPSA) is 32.9 Å². The Kier molecular flexibility index (Phi) is 5.09. The molecule has 0 atom stereocenters. The summed E-state index contributed by atoms with van der Waals surface area (Å²) in [5.74, 6) is 0. The van der Waals surface area contributed by atoms with E-state index in [1.807, 2.05) is 27.7 Å². The summed E-state index contributed by atoms with van der Waals surface area (Å²) in [7, 11) is 0. The zero-order valence-electron chi connectivity index (χ0n) is 8.27. The van der Waals surface area contributed by atoms with Gasteiger partial charge in [-0.2, -0.15) is 0 Å². The van der Waals surface area contributed by atoms with E-state index in [0.29, 0.717) is 0 Å². The quantitative estimate of drug-likeness (QED) is 0.683. The van der Waals surface area contributed by atoms with Crippen LogP contribution >= 0.6 is 0 Å². The third-order valence-corrected chi connectivity index (χ3v) is 1.52. The van der Waals surface area contributed by atoms with E-state index in [0.717, 1.165) is 17.7 Å². The summed E-state index contributed by atoms with van der Waals surface area (Å²) < 4.78 is 0. The number of hydrogen-bond donors (Lipinski definition) is 1. The number of aromatic amines is 1. The molecule has 1 rings (SSSR count). The monoisotopic (exact) mass is 167 g/mol. The molecule has 1 aromatic rings. The predicted octanol–water partition coefficient (Wildman–Crippen LogP) is 2.27. The van der Waals surface area contributed by atoms with E-state index in [1.54, 1.807) is 12.3 Å². The first kappa shape index (κ1) is 11.0. The normalized spacial score (nSPS) is 8.67. The Bertz CT molecular complexity index is 275. The zero-order chi connectivity index (χ0) is 9.56. The maximum Gasteiger partial charge on any atom is 0.184 e. The average Bonchev–Trinajstić information content (AvgIpc) is 2.08. The minimum atomic E-state index is 0.138. The van der Waals surface area contributed by atoms with E-state index in [-0.39, 0.29) is 5.43 Å². The van der Waals surface area contributed by atoms with Gasteiger partial charge in [0.2, 0.25) is 0 Å². The lowest BCUT2D eigenvalue weighted by molar-refractivity contribution is 1.05. The van der Waals surface area contributed by atoms with Gasteiger partial charge in [0.15, 0.2) is 5.43 Å². The molecule has 0 amide bonds. The molecule has 0 saturated carbocycles. The minimum absolute atomic E-state index is 0.138. The molecule has 68 valence electrons. The first-order valence-corrected chi connectivity index (χ1v) is 4.42. The molecule has 0 bridgehead atoms. The Hall–Kier alpha value is -1.05. The van der Waals surface area contributed by atoms with Gasteiger partial charge < -0.3 is 4.98 Å². The molecule has 1 heterocycles. The number of hydrogen-bond acceptors (Lipinski definition) is 1. The Balaban J connectivity index is 0.000000561. The largest absolute Gasteiger partial charge is 0.365 e. The maximum absolute atomic E-state index is 11.1. The van der Waals surface area contributed by atoms with Gasteiger partial charge in [0.25, 0.3) is 0 Å². The smallest absolute Gasteiger partial charge is 0.184 e. The summed E-state index contributed by atoms with van der Waals surface area (Å²) >= 11 is 0.